The molecule has 0 aromatic heterocycles. The maximum Gasteiger partial charge on any atom is 0.243 e. The number of benzene rings is 2. The van der Waals surface area contributed by atoms with Crippen LogP contribution in [0.15, 0.2) is 53.4 Å². The summed E-state index contributed by atoms with van der Waals surface area (Å²) in [5.74, 6) is 0.723. The Morgan fingerprint density at radius 2 is 1.71 bits per heavy atom. The number of para-hydroxylation sites is 1. The third kappa shape index (κ3) is 3.53. The van der Waals surface area contributed by atoms with E-state index in [9.17, 15) is 8.42 Å². The third-order valence-corrected chi connectivity index (χ3v) is 4.77. The number of anilines is 1. The van der Waals surface area contributed by atoms with Gasteiger partial charge in [0.25, 0.3) is 0 Å². The van der Waals surface area contributed by atoms with Crippen LogP contribution in [0.5, 0.6) is 5.75 Å². The summed E-state index contributed by atoms with van der Waals surface area (Å²) in [6.07, 6.45) is 0. The number of nitrogen functional groups attached to an aromatic ring is 1. The Morgan fingerprint density at radius 1 is 1.10 bits per heavy atom. The monoisotopic (exact) mass is 306 g/mol. The number of methoxy groups -OCH3 is 1. The second kappa shape index (κ2) is 6.15. The lowest BCUT2D eigenvalue weighted by atomic mass is 10.1. The lowest BCUT2D eigenvalue weighted by Crippen LogP contribution is -2.27. The molecule has 1 unspecified atom stereocenters. The quantitative estimate of drug-likeness (QED) is 0.831. The van der Waals surface area contributed by atoms with E-state index in [1.165, 1.54) is 6.07 Å². The highest BCUT2D eigenvalue weighted by atomic mass is 32.2. The van der Waals surface area contributed by atoms with Crippen LogP contribution in [0.1, 0.15) is 18.5 Å². The van der Waals surface area contributed by atoms with Gasteiger partial charge in [0.2, 0.25) is 10.0 Å². The van der Waals surface area contributed by atoms with E-state index >= 15 is 0 Å². The van der Waals surface area contributed by atoms with E-state index in [0.29, 0.717) is 0 Å². The van der Waals surface area contributed by atoms with Crippen LogP contribution in [-0.4, -0.2) is 15.5 Å². The lowest BCUT2D eigenvalue weighted by molar-refractivity contribution is 0.414. The summed E-state index contributed by atoms with van der Waals surface area (Å²) >= 11 is 0. The van der Waals surface area contributed by atoms with Gasteiger partial charge in [-0.1, -0.05) is 24.3 Å². The summed E-state index contributed by atoms with van der Waals surface area (Å²) in [6, 6.07) is 13.2. The van der Waals surface area contributed by atoms with Crippen molar-refractivity contribution in [3.05, 3.63) is 54.1 Å². The SMILES string of the molecule is COc1ccc(C(C)NS(=O)(=O)c2ccccc2N)cc1. The summed E-state index contributed by atoms with van der Waals surface area (Å²) in [7, 11) is -2.08. The molecule has 0 radical (unpaired) electrons. The van der Waals surface area contributed by atoms with Crippen molar-refractivity contribution in [1.29, 1.82) is 0 Å². The highest BCUT2D eigenvalue weighted by Crippen LogP contribution is 2.22. The van der Waals surface area contributed by atoms with Gasteiger partial charge in [-0.3, -0.25) is 0 Å². The van der Waals surface area contributed by atoms with Crippen molar-refractivity contribution in [3.63, 3.8) is 0 Å². The number of nitrogens with two attached hydrogens (primary N) is 1. The predicted molar refractivity (Wildman–Crippen MR) is 82.6 cm³/mol. The second-order valence-corrected chi connectivity index (χ2v) is 6.34. The lowest BCUT2D eigenvalue weighted by Gasteiger charge is -2.16. The number of hydrogen-bond donors (Lipinski definition) is 2. The van der Waals surface area contributed by atoms with Crippen molar-refractivity contribution in [2.45, 2.75) is 17.9 Å². The first-order valence-electron chi connectivity index (χ1n) is 6.45. The number of ether oxygens (including phenoxy) is 1. The molecule has 0 fully saturated rings. The third-order valence-electron chi connectivity index (χ3n) is 3.16. The van der Waals surface area contributed by atoms with Gasteiger partial charge in [0, 0.05) is 6.04 Å². The van der Waals surface area contributed by atoms with Crippen LogP contribution in [-0.2, 0) is 10.0 Å². The summed E-state index contributed by atoms with van der Waals surface area (Å²) in [5.41, 5.74) is 6.79. The Labute approximate surface area is 124 Å². The van der Waals surface area contributed by atoms with Crippen molar-refractivity contribution >= 4 is 15.7 Å². The fourth-order valence-electron chi connectivity index (χ4n) is 1.98. The molecular weight excluding hydrogens is 288 g/mol. The zero-order valence-corrected chi connectivity index (χ0v) is 12.7. The molecule has 0 spiro atoms. The molecule has 2 rings (SSSR count). The first kappa shape index (κ1) is 15.3. The Balaban J connectivity index is 2.21. The molecule has 0 bridgehead atoms. The Kier molecular flexibility index (Phi) is 4.50. The van der Waals surface area contributed by atoms with Crippen LogP contribution >= 0.6 is 0 Å². The molecule has 2 aromatic carbocycles. The highest BCUT2D eigenvalue weighted by Gasteiger charge is 2.20. The minimum Gasteiger partial charge on any atom is -0.497 e. The molecule has 3 N–H and O–H groups in total. The van der Waals surface area contributed by atoms with Crippen molar-refractivity contribution in [1.82, 2.24) is 4.72 Å². The van der Waals surface area contributed by atoms with E-state index in [1.807, 2.05) is 12.1 Å². The van der Waals surface area contributed by atoms with Crippen LogP contribution in [0.4, 0.5) is 5.69 Å². The highest BCUT2D eigenvalue weighted by molar-refractivity contribution is 7.89. The predicted octanol–water partition coefficient (Wildman–Crippen LogP) is 2.32. The summed E-state index contributed by atoms with van der Waals surface area (Å²) in [6.45, 7) is 1.78. The van der Waals surface area contributed by atoms with Crippen molar-refractivity contribution < 1.29 is 13.2 Å². The van der Waals surface area contributed by atoms with Crippen molar-refractivity contribution in [2.75, 3.05) is 12.8 Å². The molecular formula is C15H18N2O3S. The van der Waals surface area contributed by atoms with Crippen LogP contribution in [0.2, 0.25) is 0 Å². The molecule has 1 atom stereocenters. The summed E-state index contributed by atoms with van der Waals surface area (Å²) in [4.78, 5) is 0.0883. The molecule has 5 nitrogen and oxygen atoms in total. The van der Waals surface area contributed by atoms with Crippen molar-refractivity contribution in [2.24, 2.45) is 0 Å². The van der Waals surface area contributed by atoms with Gasteiger partial charge in [-0.25, -0.2) is 13.1 Å². The van der Waals surface area contributed by atoms with E-state index in [4.69, 9.17) is 10.5 Å². The van der Waals surface area contributed by atoms with Gasteiger partial charge in [-0.05, 0) is 36.8 Å². The molecule has 112 valence electrons. The van der Waals surface area contributed by atoms with Gasteiger partial charge in [0.15, 0.2) is 0 Å². The van der Waals surface area contributed by atoms with Gasteiger partial charge in [0.1, 0.15) is 10.6 Å². The van der Waals surface area contributed by atoms with E-state index in [-0.39, 0.29) is 16.6 Å². The van der Waals surface area contributed by atoms with Gasteiger partial charge in [-0.2, -0.15) is 0 Å². The van der Waals surface area contributed by atoms with E-state index in [1.54, 1.807) is 44.4 Å². The minimum absolute atomic E-state index is 0.0883. The average Bonchev–Trinajstić information content (AvgIpc) is 2.47. The molecule has 21 heavy (non-hydrogen) atoms. The van der Waals surface area contributed by atoms with Crippen LogP contribution in [0.25, 0.3) is 0 Å². The van der Waals surface area contributed by atoms with E-state index < -0.39 is 10.0 Å². The zero-order chi connectivity index (χ0) is 15.5. The topological polar surface area (TPSA) is 81.4 Å². The van der Waals surface area contributed by atoms with Gasteiger partial charge in [-0.15, -0.1) is 0 Å². The molecule has 0 amide bonds. The molecule has 0 aliphatic heterocycles. The van der Waals surface area contributed by atoms with E-state index in [2.05, 4.69) is 4.72 Å². The Morgan fingerprint density at radius 3 is 2.29 bits per heavy atom. The maximum absolute atomic E-state index is 12.3. The van der Waals surface area contributed by atoms with Crippen LogP contribution in [0, 0.1) is 0 Å². The summed E-state index contributed by atoms with van der Waals surface area (Å²) in [5, 5.41) is 0. The second-order valence-electron chi connectivity index (χ2n) is 4.65. The Hall–Kier alpha value is -2.05. The van der Waals surface area contributed by atoms with Crippen LogP contribution in [0.3, 0.4) is 0 Å². The maximum atomic E-state index is 12.3. The average molecular weight is 306 g/mol. The molecule has 0 aliphatic rings. The fraction of sp³-hybridized carbons (Fsp3) is 0.200. The molecule has 6 heteroatoms. The molecule has 0 saturated heterocycles. The minimum atomic E-state index is -3.66. The Bertz CT molecular complexity index is 712. The molecule has 0 heterocycles. The normalized spacial score (nSPS) is 12.9. The van der Waals surface area contributed by atoms with Gasteiger partial charge < -0.3 is 10.5 Å². The number of hydrogen-bond acceptors (Lipinski definition) is 4. The van der Waals surface area contributed by atoms with Crippen molar-refractivity contribution in [3.8, 4) is 5.75 Å². The van der Waals surface area contributed by atoms with E-state index in [0.717, 1.165) is 11.3 Å². The van der Waals surface area contributed by atoms with Gasteiger partial charge >= 0.3 is 0 Å². The molecule has 2 aromatic rings. The first-order chi connectivity index (χ1) is 9.94. The zero-order valence-electron chi connectivity index (χ0n) is 11.9. The summed E-state index contributed by atoms with van der Waals surface area (Å²) < 4.78 is 32.4. The first-order valence-corrected chi connectivity index (χ1v) is 7.93. The number of rotatable bonds is 5. The molecule has 0 aliphatic carbocycles. The number of nitrogens with one attached hydrogen (secondary N) is 1. The fourth-order valence-corrected chi connectivity index (χ4v) is 3.35. The van der Waals surface area contributed by atoms with Crippen LogP contribution < -0.4 is 15.2 Å². The molecule has 0 saturated carbocycles. The number of sulfonamides is 1. The smallest absolute Gasteiger partial charge is 0.243 e. The standard InChI is InChI=1S/C15H18N2O3S/c1-11(12-7-9-13(20-2)10-8-12)17-21(18,19)15-6-4-3-5-14(15)16/h3-11,17H,16H2,1-2H3. The largest absolute Gasteiger partial charge is 0.497 e. The van der Waals surface area contributed by atoms with Gasteiger partial charge in [0.05, 0.1) is 12.8 Å².